The Bertz CT molecular complexity index is 1810. The lowest BCUT2D eigenvalue weighted by Gasteiger charge is -2.17. The van der Waals surface area contributed by atoms with E-state index in [1.54, 1.807) is 24.3 Å². The Kier molecular flexibility index (Phi) is 11.3. The van der Waals surface area contributed by atoms with E-state index in [-0.39, 0.29) is 11.5 Å². The summed E-state index contributed by atoms with van der Waals surface area (Å²) >= 11 is 0. The fraction of sp³-hybridized carbons (Fsp3) is 0.243. The molecule has 0 amide bonds. The topological polar surface area (TPSA) is 94.5 Å². The van der Waals surface area contributed by atoms with Crippen LogP contribution in [-0.2, 0) is 21.2 Å². The van der Waals surface area contributed by atoms with Crippen molar-refractivity contribution in [3.8, 4) is 34.1 Å². The number of ether oxygens (including phenoxy) is 4. The van der Waals surface area contributed by atoms with Crippen molar-refractivity contribution in [1.29, 1.82) is 0 Å². The van der Waals surface area contributed by atoms with Gasteiger partial charge in [0.15, 0.2) is 9.84 Å². The van der Waals surface area contributed by atoms with Crippen LogP contribution in [0.3, 0.4) is 0 Å². The molecule has 0 spiro atoms. The second-order valence-electron chi connectivity index (χ2n) is 11.0. The monoisotopic (exact) mass is 641 g/mol. The molecule has 0 aromatic heterocycles. The smallest absolute Gasteiger partial charge is 0.175 e. The lowest BCUT2D eigenvalue weighted by molar-refractivity contribution is 0.0760. The number of hydrogen-bond acceptors (Lipinski definition) is 8. The number of nitrogens with zero attached hydrogens (tertiary/aromatic N) is 1. The van der Waals surface area contributed by atoms with Gasteiger partial charge in [-0.15, -0.1) is 0 Å². The van der Waals surface area contributed by atoms with Gasteiger partial charge in [-0.25, -0.2) is 8.42 Å². The molecule has 0 aliphatic carbocycles. The highest BCUT2D eigenvalue weighted by molar-refractivity contribution is 7.90. The van der Waals surface area contributed by atoms with Crippen LogP contribution < -0.4 is 14.2 Å². The number of benzene rings is 5. The molecule has 5 aromatic carbocycles. The van der Waals surface area contributed by atoms with E-state index in [0.717, 1.165) is 52.1 Å². The summed E-state index contributed by atoms with van der Waals surface area (Å²) in [5.41, 5.74) is 2.75. The summed E-state index contributed by atoms with van der Waals surface area (Å²) in [7, 11) is -1.32. The van der Waals surface area contributed by atoms with Crippen molar-refractivity contribution in [1.82, 2.24) is 4.90 Å². The largest absolute Gasteiger partial charge is 0.492 e. The maximum absolute atomic E-state index is 12.1. The molecule has 0 saturated carbocycles. The van der Waals surface area contributed by atoms with Crippen LogP contribution in [0.4, 0.5) is 0 Å². The Labute approximate surface area is 270 Å². The zero-order valence-corrected chi connectivity index (χ0v) is 26.9. The average Bonchev–Trinajstić information content (AvgIpc) is 3.07. The van der Waals surface area contributed by atoms with Crippen molar-refractivity contribution in [2.45, 2.75) is 11.5 Å². The van der Waals surface area contributed by atoms with Gasteiger partial charge < -0.3 is 29.0 Å². The van der Waals surface area contributed by atoms with E-state index in [1.807, 2.05) is 92.0 Å². The summed E-state index contributed by atoms with van der Waals surface area (Å²) < 4.78 is 48.0. The molecule has 8 nitrogen and oxygen atoms in total. The van der Waals surface area contributed by atoms with E-state index in [4.69, 9.17) is 24.1 Å². The van der Waals surface area contributed by atoms with Crippen molar-refractivity contribution in [2.24, 2.45) is 0 Å². The Balaban J connectivity index is 1.35. The summed E-state index contributed by atoms with van der Waals surface area (Å²) in [6.07, 6.45) is 1.20. The molecular formula is C37H39NO7S. The molecule has 0 unspecified atom stereocenters. The first-order valence-corrected chi connectivity index (χ1v) is 17.0. The predicted octanol–water partition coefficient (Wildman–Crippen LogP) is 6.60. The van der Waals surface area contributed by atoms with Gasteiger partial charge in [0.2, 0.25) is 0 Å². The van der Waals surface area contributed by atoms with E-state index in [2.05, 4.69) is 4.90 Å². The molecule has 1 N–H and O–H groups in total. The molecule has 0 fully saturated rings. The van der Waals surface area contributed by atoms with Crippen molar-refractivity contribution in [3.05, 3.63) is 115 Å². The van der Waals surface area contributed by atoms with Crippen LogP contribution in [0, 0.1) is 0 Å². The Hall–Kier alpha value is -4.41. The van der Waals surface area contributed by atoms with Crippen molar-refractivity contribution in [2.75, 3.05) is 52.8 Å². The Morgan fingerprint density at radius 3 is 2.13 bits per heavy atom. The molecular weight excluding hydrogens is 602 g/mol. The predicted molar refractivity (Wildman–Crippen MR) is 181 cm³/mol. The van der Waals surface area contributed by atoms with E-state index < -0.39 is 9.84 Å². The number of likely N-dealkylation sites (N-methyl/N-ethyl adjacent to an activating group) is 1. The molecule has 240 valence electrons. The van der Waals surface area contributed by atoms with Crippen LogP contribution in [-0.4, -0.2) is 71.2 Å². The van der Waals surface area contributed by atoms with Gasteiger partial charge in [-0.05, 0) is 84.2 Å². The summed E-state index contributed by atoms with van der Waals surface area (Å²) in [5, 5.41) is 10.7. The molecule has 0 bridgehead atoms. The van der Waals surface area contributed by atoms with Gasteiger partial charge in [0, 0.05) is 30.3 Å². The van der Waals surface area contributed by atoms with Gasteiger partial charge in [-0.3, -0.25) is 0 Å². The maximum Gasteiger partial charge on any atom is 0.175 e. The molecule has 5 rings (SSSR count). The van der Waals surface area contributed by atoms with Crippen LogP contribution >= 0.6 is 0 Å². The maximum atomic E-state index is 12.1. The van der Waals surface area contributed by atoms with Gasteiger partial charge in [-0.2, -0.15) is 0 Å². The summed E-state index contributed by atoms with van der Waals surface area (Å²) in [4.78, 5) is 2.37. The summed E-state index contributed by atoms with van der Waals surface area (Å²) in [5.74, 6) is 2.76. The van der Waals surface area contributed by atoms with Crippen LogP contribution in [0.5, 0.6) is 23.0 Å². The van der Waals surface area contributed by atoms with Gasteiger partial charge in [0.1, 0.15) is 36.2 Å². The highest BCUT2D eigenvalue weighted by Crippen LogP contribution is 2.41. The number of rotatable bonds is 16. The van der Waals surface area contributed by atoms with Gasteiger partial charge in [-0.1, -0.05) is 48.5 Å². The molecule has 5 aromatic rings. The van der Waals surface area contributed by atoms with Gasteiger partial charge in [0.25, 0.3) is 0 Å². The molecule has 0 atom stereocenters. The zero-order valence-electron chi connectivity index (χ0n) is 26.1. The quantitative estimate of drug-likeness (QED) is 0.121. The highest BCUT2D eigenvalue weighted by atomic mass is 32.2. The second-order valence-corrected chi connectivity index (χ2v) is 13.0. The first-order chi connectivity index (χ1) is 22.3. The minimum atomic E-state index is -3.32. The minimum Gasteiger partial charge on any atom is -0.492 e. The van der Waals surface area contributed by atoms with Crippen LogP contribution in [0.2, 0.25) is 0 Å². The number of hydrogen-bond donors (Lipinski definition) is 1. The van der Waals surface area contributed by atoms with Crippen molar-refractivity contribution < 1.29 is 32.5 Å². The normalized spacial score (nSPS) is 11.6. The number of aliphatic hydroxyl groups excluding tert-OH is 1. The molecule has 9 heteroatoms. The van der Waals surface area contributed by atoms with Crippen molar-refractivity contribution in [3.63, 3.8) is 0 Å². The average molecular weight is 642 g/mol. The molecule has 0 aliphatic heterocycles. The zero-order chi connectivity index (χ0) is 32.4. The number of sulfone groups is 1. The summed E-state index contributed by atoms with van der Waals surface area (Å²) in [6.45, 7) is 3.39. The van der Waals surface area contributed by atoms with Crippen LogP contribution in [0.25, 0.3) is 21.9 Å². The third-order valence-electron chi connectivity index (χ3n) is 7.42. The fourth-order valence-corrected chi connectivity index (χ4v) is 5.50. The molecule has 0 heterocycles. The Morgan fingerprint density at radius 1 is 0.717 bits per heavy atom. The van der Waals surface area contributed by atoms with Gasteiger partial charge >= 0.3 is 0 Å². The summed E-state index contributed by atoms with van der Waals surface area (Å²) in [6, 6.07) is 34.3. The lowest BCUT2D eigenvalue weighted by atomic mass is 9.99. The van der Waals surface area contributed by atoms with E-state index in [1.165, 1.54) is 6.26 Å². The molecule has 0 radical (unpaired) electrons. The van der Waals surface area contributed by atoms with Gasteiger partial charge in [0.05, 0.1) is 24.7 Å². The van der Waals surface area contributed by atoms with E-state index in [0.29, 0.717) is 37.9 Å². The second kappa shape index (κ2) is 15.7. The molecule has 46 heavy (non-hydrogen) atoms. The minimum absolute atomic E-state index is 0.0257. The molecule has 0 saturated heterocycles. The van der Waals surface area contributed by atoms with Crippen molar-refractivity contribution >= 4 is 20.6 Å². The number of aliphatic hydroxyl groups is 1. The van der Waals surface area contributed by atoms with Crippen LogP contribution in [0.15, 0.2) is 114 Å². The van der Waals surface area contributed by atoms with Crippen LogP contribution in [0.1, 0.15) is 5.56 Å². The third kappa shape index (κ3) is 9.08. The number of fused-ring (bicyclic) bond motifs is 1. The fourth-order valence-electron chi connectivity index (χ4n) is 4.87. The highest BCUT2D eigenvalue weighted by Gasteiger charge is 2.15. The van der Waals surface area contributed by atoms with E-state index in [9.17, 15) is 8.42 Å². The third-order valence-corrected chi connectivity index (χ3v) is 8.55. The SMILES string of the molecule is CN(CCOCCO)CCOc1ccc(Oc2c(-c3ccc(S(C)(=O)=O)cc3)ccc3cc(OCc4ccccc4)ccc23)cc1. The first kappa shape index (κ1) is 33.0. The van der Waals surface area contributed by atoms with E-state index >= 15 is 0 Å². The Morgan fingerprint density at radius 2 is 1.41 bits per heavy atom. The molecule has 0 aliphatic rings. The standard InChI is InChI=1S/C37H39NO7S/c1-38(20-23-42-25-22-39)21-24-43-31-11-13-32(14-12-31)45-37-35(29-8-16-34(17-9-29)46(2,40)41)18-10-30-26-33(15-19-36(30)37)44-27-28-6-4-3-5-7-28/h3-19,26,39H,20-25,27H2,1-2H3. The first-order valence-electron chi connectivity index (χ1n) is 15.1. The lowest BCUT2D eigenvalue weighted by Crippen LogP contribution is -2.28.